The molecule has 1 aromatic carbocycles. The number of rotatable bonds is 11. The Morgan fingerprint density at radius 2 is 1.93 bits per heavy atom. The first-order valence-electron chi connectivity index (χ1n) is 9.63. The van der Waals surface area contributed by atoms with Crippen molar-refractivity contribution in [3.63, 3.8) is 0 Å². The van der Waals surface area contributed by atoms with Crippen LogP contribution >= 0.6 is 0 Å². The molecule has 0 saturated carbocycles. The highest BCUT2D eigenvalue weighted by Crippen LogP contribution is 2.18. The van der Waals surface area contributed by atoms with Crippen LogP contribution in [0.3, 0.4) is 0 Å². The molecule has 6 nitrogen and oxygen atoms in total. The Kier molecular flexibility index (Phi) is 8.76. The third kappa shape index (κ3) is 7.88. The van der Waals surface area contributed by atoms with Crippen molar-refractivity contribution in [3.05, 3.63) is 59.8 Å². The zero-order valence-corrected chi connectivity index (χ0v) is 17.2. The summed E-state index contributed by atoms with van der Waals surface area (Å²) < 4.78 is 30.4. The summed E-state index contributed by atoms with van der Waals surface area (Å²) in [5.41, 5.74) is 3.36. The first-order valence-corrected chi connectivity index (χ1v) is 11.2. The molecule has 0 saturated heterocycles. The highest BCUT2D eigenvalue weighted by Gasteiger charge is 2.07. The van der Waals surface area contributed by atoms with E-state index in [0.717, 1.165) is 36.5 Å². The van der Waals surface area contributed by atoms with Crippen LogP contribution in [0.1, 0.15) is 25.3 Å². The summed E-state index contributed by atoms with van der Waals surface area (Å²) in [7, 11) is -3.87. The Bertz CT molecular complexity index is 798. The molecule has 1 aromatic rings. The Balaban J connectivity index is 1.87. The average molecular weight is 407 g/mol. The standard InChI is InChI=1S/C21H30N2O4S/c1-2-23(13-3-4-18-28(25,26)27)21-9-7-19(8-10-21)5-6-20-11-14-22(15-12-20)16-17-24/h5-12,14,24H,2-4,13,15-18H2,1H3,(H,25,26,27). The molecule has 1 aliphatic rings. The van der Waals surface area contributed by atoms with Crippen LogP contribution in [0, 0.1) is 0 Å². The lowest BCUT2D eigenvalue weighted by molar-refractivity contribution is 0.244. The van der Waals surface area contributed by atoms with Crippen LogP contribution in [-0.2, 0) is 10.1 Å². The second kappa shape index (κ2) is 11.0. The molecule has 0 aromatic heterocycles. The van der Waals surface area contributed by atoms with E-state index in [1.807, 2.05) is 12.3 Å². The van der Waals surface area contributed by atoms with Gasteiger partial charge in [-0.05, 0) is 49.1 Å². The molecule has 1 heterocycles. The van der Waals surface area contributed by atoms with Gasteiger partial charge < -0.3 is 14.9 Å². The molecule has 0 unspecified atom stereocenters. The number of nitrogens with zero attached hydrogens (tertiary/aromatic N) is 2. The predicted octanol–water partition coefficient (Wildman–Crippen LogP) is 2.94. The summed E-state index contributed by atoms with van der Waals surface area (Å²) in [6, 6.07) is 8.27. The molecule has 28 heavy (non-hydrogen) atoms. The smallest absolute Gasteiger partial charge is 0.264 e. The van der Waals surface area contributed by atoms with E-state index < -0.39 is 10.1 Å². The van der Waals surface area contributed by atoms with E-state index >= 15 is 0 Å². The molecule has 7 heteroatoms. The van der Waals surface area contributed by atoms with E-state index in [-0.39, 0.29) is 12.4 Å². The second-order valence-electron chi connectivity index (χ2n) is 6.74. The fourth-order valence-electron chi connectivity index (χ4n) is 3.01. The lowest BCUT2D eigenvalue weighted by Gasteiger charge is -2.23. The van der Waals surface area contributed by atoms with Gasteiger partial charge in [-0.15, -0.1) is 0 Å². The van der Waals surface area contributed by atoms with Crippen LogP contribution in [0.4, 0.5) is 5.69 Å². The van der Waals surface area contributed by atoms with Gasteiger partial charge in [0, 0.05) is 38.1 Å². The largest absolute Gasteiger partial charge is 0.395 e. The van der Waals surface area contributed by atoms with Gasteiger partial charge in [0.05, 0.1) is 12.4 Å². The molecule has 0 bridgehead atoms. The van der Waals surface area contributed by atoms with Gasteiger partial charge >= 0.3 is 0 Å². The van der Waals surface area contributed by atoms with Crippen molar-refractivity contribution in [2.45, 2.75) is 19.8 Å². The van der Waals surface area contributed by atoms with Crippen molar-refractivity contribution in [2.24, 2.45) is 0 Å². The lowest BCUT2D eigenvalue weighted by atomic mass is 10.1. The van der Waals surface area contributed by atoms with E-state index in [2.05, 4.69) is 59.2 Å². The van der Waals surface area contributed by atoms with Crippen LogP contribution in [0.25, 0.3) is 6.08 Å². The second-order valence-corrected chi connectivity index (χ2v) is 8.31. The van der Waals surface area contributed by atoms with E-state index in [1.165, 1.54) is 0 Å². The highest BCUT2D eigenvalue weighted by molar-refractivity contribution is 7.85. The van der Waals surface area contributed by atoms with Gasteiger partial charge in [-0.1, -0.05) is 30.4 Å². The number of hydrogen-bond donors (Lipinski definition) is 2. The van der Waals surface area contributed by atoms with Crippen molar-refractivity contribution in [1.29, 1.82) is 0 Å². The Hall–Kier alpha value is -2.09. The molecule has 0 fully saturated rings. The molecule has 0 spiro atoms. The van der Waals surface area contributed by atoms with Crippen molar-refractivity contribution >= 4 is 21.9 Å². The predicted molar refractivity (Wildman–Crippen MR) is 115 cm³/mol. The molecule has 0 amide bonds. The number of anilines is 1. The maximum absolute atomic E-state index is 10.8. The maximum atomic E-state index is 10.8. The molecule has 0 atom stereocenters. The summed E-state index contributed by atoms with van der Waals surface area (Å²) in [5.74, 6) is -0.184. The normalized spacial score (nSPS) is 14.5. The number of aliphatic hydroxyl groups excluding tert-OH is 1. The van der Waals surface area contributed by atoms with E-state index in [9.17, 15) is 8.42 Å². The number of aliphatic hydroxyl groups is 1. The van der Waals surface area contributed by atoms with Crippen LogP contribution in [-0.4, -0.2) is 61.5 Å². The molecule has 2 N–H and O–H groups in total. The molecule has 0 radical (unpaired) electrons. The monoisotopic (exact) mass is 406 g/mol. The number of allylic oxidation sites excluding steroid dienone is 3. The average Bonchev–Trinajstić information content (AvgIpc) is 2.68. The summed E-state index contributed by atoms with van der Waals surface area (Å²) in [6.45, 7) is 5.27. The van der Waals surface area contributed by atoms with Gasteiger partial charge in [-0.25, -0.2) is 0 Å². The molecule has 154 valence electrons. The van der Waals surface area contributed by atoms with Crippen molar-refractivity contribution in [1.82, 2.24) is 4.90 Å². The number of unbranched alkanes of at least 4 members (excludes halogenated alkanes) is 1. The first-order chi connectivity index (χ1) is 13.4. The number of hydrogen-bond acceptors (Lipinski definition) is 5. The van der Waals surface area contributed by atoms with E-state index in [4.69, 9.17) is 9.66 Å². The Morgan fingerprint density at radius 1 is 1.18 bits per heavy atom. The van der Waals surface area contributed by atoms with Gasteiger partial charge in [-0.3, -0.25) is 4.55 Å². The molecule has 0 aliphatic carbocycles. The Labute approximate surface area is 168 Å². The first kappa shape index (κ1) is 22.2. The van der Waals surface area contributed by atoms with Crippen LogP contribution in [0.5, 0.6) is 0 Å². The van der Waals surface area contributed by atoms with Gasteiger partial charge in [0.15, 0.2) is 0 Å². The molecule has 2 rings (SSSR count). The molecule has 1 aliphatic heterocycles. The minimum absolute atomic E-state index is 0.158. The van der Waals surface area contributed by atoms with Gasteiger partial charge in [0.25, 0.3) is 10.1 Å². The van der Waals surface area contributed by atoms with E-state index in [1.54, 1.807) is 0 Å². The van der Waals surface area contributed by atoms with Gasteiger partial charge in [0.1, 0.15) is 0 Å². The van der Waals surface area contributed by atoms with Gasteiger partial charge in [0.2, 0.25) is 0 Å². The third-order valence-corrected chi connectivity index (χ3v) is 5.42. The topological polar surface area (TPSA) is 81.1 Å². The summed E-state index contributed by atoms with van der Waals surface area (Å²) in [4.78, 5) is 4.25. The number of β-amino-alcohol motifs (C(OH)–C–C–N with tert-alkyl or cyclic N) is 1. The fraction of sp³-hybridized carbons (Fsp3) is 0.429. The van der Waals surface area contributed by atoms with Crippen molar-refractivity contribution in [3.8, 4) is 0 Å². The molecular formula is C21H30N2O4S. The zero-order chi connectivity index (χ0) is 20.4. The van der Waals surface area contributed by atoms with E-state index in [0.29, 0.717) is 19.4 Å². The lowest BCUT2D eigenvalue weighted by Crippen LogP contribution is -2.24. The van der Waals surface area contributed by atoms with Crippen LogP contribution in [0.2, 0.25) is 0 Å². The molecular weight excluding hydrogens is 376 g/mol. The SMILES string of the molecule is CCN(CCCCS(=O)(=O)O)c1ccc(C=CC2=CCN(CCO)C=C2)cc1. The van der Waals surface area contributed by atoms with Crippen LogP contribution in [0.15, 0.2) is 54.3 Å². The minimum atomic E-state index is -3.87. The third-order valence-electron chi connectivity index (χ3n) is 4.62. The van der Waals surface area contributed by atoms with Crippen molar-refractivity contribution < 1.29 is 18.1 Å². The zero-order valence-electron chi connectivity index (χ0n) is 16.4. The summed E-state index contributed by atoms with van der Waals surface area (Å²) in [5, 5.41) is 8.96. The van der Waals surface area contributed by atoms with Crippen molar-refractivity contribution in [2.75, 3.05) is 43.4 Å². The fourth-order valence-corrected chi connectivity index (χ4v) is 3.58. The maximum Gasteiger partial charge on any atom is 0.264 e. The Morgan fingerprint density at radius 3 is 2.50 bits per heavy atom. The summed E-state index contributed by atoms with van der Waals surface area (Å²) >= 11 is 0. The minimum Gasteiger partial charge on any atom is -0.395 e. The quantitative estimate of drug-likeness (QED) is 0.434. The summed E-state index contributed by atoms with van der Waals surface area (Å²) in [6.07, 6.45) is 11.5. The highest BCUT2D eigenvalue weighted by atomic mass is 32.2. The number of benzene rings is 1. The van der Waals surface area contributed by atoms with Gasteiger partial charge in [-0.2, -0.15) is 8.42 Å². The van der Waals surface area contributed by atoms with Crippen LogP contribution < -0.4 is 4.90 Å².